The average molecular weight is 192 g/mol. The van der Waals surface area contributed by atoms with Crippen molar-refractivity contribution in [3.63, 3.8) is 0 Å². The minimum Gasteiger partial charge on any atom is -0.292 e. The van der Waals surface area contributed by atoms with E-state index in [0.29, 0.717) is 18.5 Å². The summed E-state index contributed by atoms with van der Waals surface area (Å²) in [6, 6.07) is -1.20. The van der Waals surface area contributed by atoms with Gasteiger partial charge in [0.1, 0.15) is 0 Å². The maximum Gasteiger partial charge on any atom is 0.0626 e. The Balaban J connectivity index is 3.12. The van der Waals surface area contributed by atoms with Gasteiger partial charge in [-0.3, -0.25) is 4.90 Å². The Morgan fingerprint density at radius 1 is 1.50 bits per heavy atom. The van der Waals surface area contributed by atoms with Crippen LogP contribution in [0.4, 0.5) is 0 Å². The van der Waals surface area contributed by atoms with Crippen LogP contribution < -0.4 is 0 Å². The molecule has 0 saturated carbocycles. The van der Waals surface area contributed by atoms with Gasteiger partial charge in [-0.05, 0) is 26.0 Å². The Hall–Kier alpha value is -1.26. The van der Waals surface area contributed by atoms with E-state index >= 15 is 0 Å². The third-order valence-corrected chi connectivity index (χ3v) is 2.14. The summed E-state index contributed by atoms with van der Waals surface area (Å²) in [6.45, 7) is 2.37. The molecule has 1 heteroatoms. The zero-order chi connectivity index (χ0) is 14.7. The van der Waals surface area contributed by atoms with Gasteiger partial charge in [0.2, 0.25) is 0 Å². The van der Waals surface area contributed by atoms with Crippen molar-refractivity contribution in [1.29, 1.82) is 0 Å². The van der Waals surface area contributed by atoms with Gasteiger partial charge < -0.3 is 0 Å². The molecule has 0 aliphatic heterocycles. The number of benzene rings is 1. The predicted octanol–water partition coefficient (Wildman–Crippen LogP) is 2.18. The summed E-state index contributed by atoms with van der Waals surface area (Å²) in [5.74, 6) is 2.52. The molecule has 0 spiro atoms. The molecule has 0 amide bonds. The largest absolute Gasteiger partial charge is 0.292 e. The molecule has 0 aliphatic carbocycles. The van der Waals surface area contributed by atoms with Gasteiger partial charge in [0, 0.05) is 6.04 Å². The molecule has 0 fully saturated rings. The van der Waals surface area contributed by atoms with Crippen molar-refractivity contribution in [3.8, 4) is 12.3 Å². The van der Waals surface area contributed by atoms with Crippen LogP contribution in [0.5, 0.6) is 0 Å². The van der Waals surface area contributed by atoms with Crippen LogP contribution >= 0.6 is 0 Å². The first-order valence-corrected chi connectivity index (χ1v) is 4.50. The SMILES string of the molecule is [2H]c1c([2H])c([2H])c(C[C@@H](C)N(C)CC#C)c([2H])c1[2H]. The first-order valence-electron chi connectivity index (χ1n) is 7.00. The van der Waals surface area contributed by atoms with E-state index in [1.807, 2.05) is 18.9 Å². The lowest BCUT2D eigenvalue weighted by atomic mass is 10.1. The first-order chi connectivity index (χ1) is 8.81. The van der Waals surface area contributed by atoms with E-state index in [1.54, 1.807) is 0 Å². The third-order valence-electron chi connectivity index (χ3n) is 2.14. The lowest BCUT2D eigenvalue weighted by Crippen LogP contribution is -2.31. The lowest BCUT2D eigenvalue weighted by Gasteiger charge is -2.22. The van der Waals surface area contributed by atoms with Gasteiger partial charge in [0.05, 0.1) is 13.4 Å². The highest BCUT2D eigenvalue weighted by Crippen LogP contribution is 2.06. The zero-order valence-electron chi connectivity index (χ0n) is 13.5. The number of hydrogen-bond acceptors (Lipinski definition) is 1. The van der Waals surface area contributed by atoms with E-state index in [0.717, 1.165) is 0 Å². The van der Waals surface area contributed by atoms with Gasteiger partial charge in [-0.25, -0.2) is 0 Å². The molecule has 0 aliphatic rings. The molecule has 14 heavy (non-hydrogen) atoms. The number of terminal acetylenes is 1. The molecule has 0 N–H and O–H groups in total. The van der Waals surface area contributed by atoms with Gasteiger partial charge in [-0.1, -0.05) is 36.1 Å². The Bertz CT molecular complexity index is 492. The third kappa shape index (κ3) is 3.24. The molecule has 0 heterocycles. The standard InChI is InChI=1S/C13H17N/c1-4-10-14(3)12(2)11-13-8-6-5-7-9-13/h1,5-9,12H,10-11H2,2-3H3/t12-/m1/s1/i5D,6D,7D,8D,9D. The predicted molar refractivity (Wildman–Crippen MR) is 61.1 cm³/mol. The van der Waals surface area contributed by atoms with E-state index in [-0.39, 0.29) is 36.3 Å². The topological polar surface area (TPSA) is 3.24 Å². The summed E-state index contributed by atoms with van der Waals surface area (Å²) in [5.41, 5.74) is 0.336. The summed E-state index contributed by atoms with van der Waals surface area (Å²) >= 11 is 0. The molecule has 1 nitrogen and oxygen atoms in total. The molecule has 0 unspecified atom stereocenters. The van der Waals surface area contributed by atoms with Crippen molar-refractivity contribution in [1.82, 2.24) is 4.90 Å². The summed E-state index contributed by atoms with van der Waals surface area (Å²) in [4.78, 5) is 1.90. The maximum atomic E-state index is 7.84. The average Bonchev–Trinajstić information content (AvgIpc) is 2.39. The molecule has 0 saturated heterocycles. The van der Waals surface area contributed by atoms with Crippen LogP contribution in [0.3, 0.4) is 0 Å². The highest BCUT2D eigenvalue weighted by atomic mass is 15.1. The molecular formula is C13H17N. The molecule has 1 rings (SSSR count). The van der Waals surface area contributed by atoms with E-state index in [2.05, 4.69) is 5.92 Å². The summed E-state index contributed by atoms with van der Waals surface area (Å²) in [6.07, 6.45) is 5.61. The van der Waals surface area contributed by atoms with E-state index in [1.165, 1.54) is 0 Å². The van der Waals surface area contributed by atoms with Gasteiger partial charge in [-0.15, -0.1) is 6.42 Å². The smallest absolute Gasteiger partial charge is 0.0626 e. The Labute approximate surface area is 93.8 Å². The molecule has 74 valence electrons. The molecule has 1 aromatic carbocycles. The number of hydrogen-bond donors (Lipinski definition) is 0. The summed E-state index contributed by atoms with van der Waals surface area (Å²) < 4.78 is 38.4. The van der Waals surface area contributed by atoms with Crippen LogP contribution in [-0.4, -0.2) is 24.5 Å². The molecule has 0 aromatic heterocycles. The van der Waals surface area contributed by atoms with Crippen molar-refractivity contribution in [2.24, 2.45) is 0 Å². The molecule has 1 atom stereocenters. The maximum absolute atomic E-state index is 7.84. The number of rotatable bonds is 4. The second kappa shape index (κ2) is 5.47. The molecular weight excluding hydrogens is 170 g/mol. The minimum absolute atomic E-state index is 0.000339. The highest BCUT2D eigenvalue weighted by Gasteiger charge is 2.07. The van der Waals surface area contributed by atoms with E-state index in [4.69, 9.17) is 13.3 Å². The second-order valence-corrected chi connectivity index (χ2v) is 3.28. The van der Waals surface area contributed by atoms with Crippen LogP contribution in [-0.2, 0) is 6.42 Å². The molecule has 0 bridgehead atoms. The zero-order valence-corrected chi connectivity index (χ0v) is 8.52. The fraction of sp³-hybridized carbons (Fsp3) is 0.385. The van der Waals surface area contributed by atoms with E-state index in [9.17, 15) is 0 Å². The highest BCUT2D eigenvalue weighted by molar-refractivity contribution is 5.15. The van der Waals surface area contributed by atoms with Gasteiger partial charge in [0.25, 0.3) is 0 Å². The molecule has 0 radical (unpaired) electrons. The van der Waals surface area contributed by atoms with Gasteiger partial charge >= 0.3 is 0 Å². The van der Waals surface area contributed by atoms with Crippen molar-refractivity contribution >= 4 is 0 Å². The van der Waals surface area contributed by atoms with Crippen LogP contribution in [0.25, 0.3) is 0 Å². The van der Waals surface area contributed by atoms with Crippen LogP contribution in [0.1, 0.15) is 19.3 Å². The van der Waals surface area contributed by atoms with Gasteiger partial charge in [-0.2, -0.15) is 0 Å². The minimum atomic E-state index is -0.358. The van der Waals surface area contributed by atoms with Gasteiger partial charge in [0.15, 0.2) is 0 Å². The van der Waals surface area contributed by atoms with Crippen LogP contribution in [0.15, 0.2) is 30.2 Å². The normalized spacial score (nSPS) is 17.4. The summed E-state index contributed by atoms with van der Waals surface area (Å²) in [5, 5.41) is 0. The van der Waals surface area contributed by atoms with Crippen molar-refractivity contribution in [2.75, 3.05) is 13.6 Å². The quantitative estimate of drug-likeness (QED) is 0.661. The monoisotopic (exact) mass is 192 g/mol. The van der Waals surface area contributed by atoms with Crippen molar-refractivity contribution < 1.29 is 6.85 Å². The Morgan fingerprint density at radius 3 is 2.71 bits per heavy atom. The lowest BCUT2D eigenvalue weighted by molar-refractivity contribution is 0.287. The molecule has 1 aromatic rings. The first kappa shape index (κ1) is 5.58. The van der Waals surface area contributed by atoms with Crippen LogP contribution in [0, 0.1) is 12.3 Å². The number of likely N-dealkylation sites (N-methyl/N-ethyl adjacent to an activating group) is 1. The van der Waals surface area contributed by atoms with Crippen molar-refractivity contribution in [2.45, 2.75) is 19.4 Å². The fourth-order valence-corrected chi connectivity index (χ4v) is 1.13. The van der Waals surface area contributed by atoms with E-state index < -0.39 is 0 Å². The van der Waals surface area contributed by atoms with Crippen LogP contribution in [0.2, 0.25) is 0 Å². The van der Waals surface area contributed by atoms with Crippen molar-refractivity contribution in [3.05, 3.63) is 35.8 Å². The Morgan fingerprint density at radius 2 is 2.14 bits per heavy atom. The second-order valence-electron chi connectivity index (χ2n) is 3.28. The Kier molecular flexibility index (Phi) is 2.18. The number of nitrogens with zero attached hydrogens (tertiary/aromatic N) is 1. The summed E-state index contributed by atoms with van der Waals surface area (Å²) in [7, 11) is 1.85. The fourth-order valence-electron chi connectivity index (χ4n) is 1.13.